The minimum atomic E-state index is -0.215. The van der Waals surface area contributed by atoms with Gasteiger partial charge in [-0.05, 0) is 49.2 Å². The Kier molecular flexibility index (Phi) is 5.74. The molecule has 2 aromatic carbocycles. The molecule has 0 atom stereocenters. The van der Waals surface area contributed by atoms with Crippen LogP contribution >= 0.6 is 0 Å². The molecule has 0 spiro atoms. The molecule has 0 bridgehead atoms. The smallest absolute Gasteiger partial charge is 0.326 e. The standard InChI is InChI=1S/C22H25N5O2/c1-29-19-13-11-17(12-14-19)23-22(28)27(18-8-4-2-5-9-18)16-21-25-24-20-10-6-3-7-15-26(20)21/h2,4-5,8-9,11-14H,3,6-7,10,15-16H2,1H3,(H,23,28). The van der Waals surface area contributed by atoms with E-state index in [-0.39, 0.29) is 6.03 Å². The number of carbonyl (C=O) groups is 1. The molecule has 7 heteroatoms. The quantitative estimate of drug-likeness (QED) is 0.706. The molecule has 1 aliphatic rings. The minimum Gasteiger partial charge on any atom is -0.497 e. The third kappa shape index (κ3) is 4.39. The molecule has 1 aromatic heterocycles. The summed E-state index contributed by atoms with van der Waals surface area (Å²) in [5.41, 5.74) is 1.52. The number of hydrogen-bond donors (Lipinski definition) is 1. The van der Waals surface area contributed by atoms with Gasteiger partial charge >= 0.3 is 6.03 Å². The van der Waals surface area contributed by atoms with Crippen molar-refractivity contribution in [2.75, 3.05) is 17.3 Å². The predicted molar refractivity (Wildman–Crippen MR) is 112 cm³/mol. The summed E-state index contributed by atoms with van der Waals surface area (Å²) in [6.07, 6.45) is 4.39. The third-order valence-corrected chi connectivity index (χ3v) is 5.14. The Labute approximate surface area is 170 Å². The van der Waals surface area contributed by atoms with Gasteiger partial charge in [0.1, 0.15) is 11.6 Å². The fourth-order valence-electron chi connectivity index (χ4n) is 3.56. The average Bonchev–Trinajstić information content (AvgIpc) is 2.98. The fourth-order valence-corrected chi connectivity index (χ4v) is 3.56. The lowest BCUT2D eigenvalue weighted by atomic mass is 10.2. The maximum Gasteiger partial charge on any atom is 0.326 e. The number of carbonyl (C=O) groups excluding carboxylic acids is 1. The Hall–Kier alpha value is -3.35. The van der Waals surface area contributed by atoms with Gasteiger partial charge in [-0.2, -0.15) is 0 Å². The van der Waals surface area contributed by atoms with E-state index in [0.29, 0.717) is 12.2 Å². The van der Waals surface area contributed by atoms with Crippen molar-refractivity contribution < 1.29 is 9.53 Å². The number of nitrogens with zero attached hydrogens (tertiary/aromatic N) is 4. The number of ether oxygens (including phenoxy) is 1. The van der Waals surface area contributed by atoms with Crippen LogP contribution in [0, 0.1) is 0 Å². The molecule has 0 aliphatic carbocycles. The van der Waals surface area contributed by atoms with Gasteiger partial charge in [-0.15, -0.1) is 10.2 Å². The van der Waals surface area contributed by atoms with Crippen molar-refractivity contribution in [1.82, 2.24) is 14.8 Å². The highest BCUT2D eigenvalue weighted by atomic mass is 16.5. The van der Waals surface area contributed by atoms with Crippen LogP contribution in [0.15, 0.2) is 54.6 Å². The lowest BCUT2D eigenvalue weighted by molar-refractivity contribution is 0.256. The molecular weight excluding hydrogens is 366 g/mol. The number of aryl methyl sites for hydroxylation is 1. The van der Waals surface area contributed by atoms with Gasteiger partial charge in [-0.3, -0.25) is 4.90 Å². The highest BCUT2D eigenvalue weighted by Gasteiger charge is 2.22. The van der Waals surface area contributed by atoms with Gasteiger partial charge in [-0.25, -0.2) is 4.79 Å². The van der Waals surface area contributed by atoms with Gasteiger partial charge in [0, 0.05) is 24.3 Å². The van der Waals surface area contributed by atoms with E-state index in [0.717, 1.165) is 48.9 Å². The zero-order valence-corrected chi connectivity index (χ0v) is 16.5. The first-order valence-electron chi connectivity index (χ1n) is 9.93. The summed E-state index contributed by atoms with van der Waals surface area (Å²) in [6, 6.07) is 16.7. The molecule has 2 heterocycles. The van der Waals surface area contributed by atoms with Gasteiger partial charge in [0.25, 0.3) is 0 Å². The summed E-state index contributed by atoms with van der Waals surface area (Å²) in [5.74, 6) is 2.57. The summed E-state index contributed by atoms with van der Waals surface area (Å²) in [4.78, 5) is 14.9. The first kappa shape index (κ1) is 19.0. The van der Waals surface area contributed by atoms with E-state index in [1.54, 1.807) is 12.0 Å². The second kappa shape index (κ2) is 8.77. The zero-order chi connectivity index (χ0) is 20.1. The molecule has 7 nitrogen and oxygen atoms in total. The van der Waals surface area contributed by atoms with Crippen LogP contribution in [-0.2, 0) is 19.5 Å². The minimum absolute atomic E-state index is 0.215. The highest BCUT2D eigenvalue weighted by Crippen LogP contribution is 2.22. The second-order valence-corrected chi connectivity index (χ2v) is 7.08. The monoisotopic (exact) mass is 391 g/mol. The molecule has 0 radical (unpaired) electrons. The number of aromatic nitrogens is 3. The van der Waals surface area contributed by atoms with E-state index in [1.165, 1.54) is 6.42 Å². The topological polar surface area (TPSA) is 72.3 Å². The number of amides is 2. The number of urea groups is 1. The van der Waals surface area contributed by atoms with E-state index in [4.69, 9.17) is 4.74 Å². The first-order valence-corrected chi connectivity index (χ1v) is 9.93. The Morgan fingerprint density at radius 3 is 2.62 bits per heavy atom. The molecule has 0 fully saturated rings. The third-order valence-electron chi connectivity index (χ3n) is 5.14. The zero-order valence-electron chi connectivity index (χ0n) is 16.5. The second-order valence-electron chi connectivity index (χ2n) is 7.08. The lowest BCUT2D eigenvalue weighted by Gasteiger charge is -2.23. The van der Waals surface area contributed by atoms with Gasteiger partial charge in [0.2, 0.25) is 0 Å². The molecule has 0 saturated carbocycles. The maximum absolute atomic E-state index is 13.2. The predicted octanol–water partition coefficient (Wildman–Crippen LogP) is 4.25. The van der Waals surface area contributed by atoms with Crippen molar-refractivity contribution in [2.45, 2.75) is 38.8 Å². The molecular formula is C22H25N5O2. The molecule has 3 aromatic rings. The van der Waals surface area contributed by atoms with Crippen molar-refractivity contribution >= 4 is 17.4 Å². The van der Waals surface area contributed by atoms with E-state index >= 15 is 0 Å². The van der Waals surface area contributed by atoms with Gasteiger partial charge in [-0.1, -0.05) is 24.6 Å². The number of benzene rings is 2. The highest BCUT2D eigenvalue weighted by molar-refractivity contribution is 6.01. The van der Waals surface area contributed by atoms with Crippen LogP contribution in [0.1, 0.15) is 30.9 Å². The van der Waals surface area contributed by atoms with Crippen molar-refractivity contribution in [1.29, 1.82) is 0 Å². The summed E-state index contributed by atoms with van der Waals surface area (Å²) >= 11 is 0. The summed E-state index contributed by atoms with van der Waals surface area (Å²) in [5, 5.41) is 11.7. The fraction of sp³-hybridized carbons (Fsp3) is 0.318. The van der Waals surface area contributed by atoms with Gasteiger partial charge < -0.3 is 14.6 Å². The number of anilines is 2. The Bertz CT molecular complexity index is 953. The van der Waals surface area contributed by atoms with Gasteiger partial charge in [0.05, 0.1) is 13.7 Å². The van der Waals surface area contributed by atoms with Crippen LogP contribution in [0.25, 0.3) is 0 Å². The number of methoxy groups -OCH3 is 1. The summed E-state index contributed by atoms with van der Waals surface area (Å²) in [7, 11) is 1.62. The average molecular weight is 391 g/mol. The number of nitrogens with one attached hydrogen (secondary N) is 1. The van der Waals surface area contributed by atoms with E-state index in [9.17, 15) is 4.79 Å². The lowest BCUT2D eigenvalue weighted by Crippen LogP contribution is -2.35. The molecule has 0 saturated heterocycles. The molecule has 1 N–H and O–H groups in total. The van der Waals surface area contributed by atoms with Crippen LogP contribution in [0.3, 0.4) is 0 Å². The van der Waals surface area contributed by atoms with Gasteiger partial charge in [0.15, 0.2) is 5.82 Å². The summed E-state index contributed by atoms with van der Waals surface area (Å²) < 4.78 is 7.35. The molecule has 1 aliphatic heterocycles. The SMILES string of the molecule is COc1ccc(NC(=O)N(Cc2nnc3n2CCCCC3)c2ccccc2)cc1. The molecule has 150 valence electrons. The Balaban J connectivity index is 1.58. The van der Waals surface area contributed by atoms with Crippen molar-refractivity contribution in [3.8, 4) is 5.75 Å². The Morgan fingerprint density at radius 1 is 1.07 bits per heavy atom. The molecule has 2 amide bonds. The number of rotatable bonds is 5. The molecule has 0 unspecified atom stereocenters. The number of fused-ring (bicyclic) bond motifs is 1. The van der Waals surface area contributed by atoms with Crippen LogP contribution in [-0.4, -0.2) is 27.9 Å². The molecule has 4 rings (SSSR count). The maximum atomic E-state index is 13.2. The molecule has 29 heavy (non-hydrogen) atoms. The van der Waals surface area contributed by atoms with Crippen LogP contribution < -0.4 is 15.0 Å². The largest absolute Gasteiger partial charge is 0.497 e. The van der Waals surface area contributed by atoms with Crippen LogP contribution in [0.4, 0.5) is 16.2 Å². The van der Waals surface area contributed by atoms with Crippen LogP contribution in [0.2, 0.25) is 0 Å². The van der Waals surface area contributed by atoms with Crippen molar-refractivity contribution in [3.63, 3.8) is 0 Å². The van der Waals surface area contributed by atoms with Crippen LogP contribution in [0.5, 0.6) is 5.75 Å². The van der Waals surface area contributed by atoms with E-state index in [1.807, 2.05) is 54.6 Å². The normalized spacial score (nSPS) is 13.3. The van der Waals surface area contributed by atoms with E-state index < -0.39 is 0 Å². The van der Waals surface area contributed by atoms with E-state index in [2.05, 4.69) is 20.1 Å². The first-order chi connectivity index (χ1) is 14.2. The van der Waals surface area contributed by atoms with Crippen molar-refractivity contribution in [3.05, 3.63) is 66.2 Å². The summed E-state index contributed by atoms with van der Waals surface area (Å²) in [6.45, 7) is 1.26. The van der Waals surface area contributed by atoms with Crippen molar-refractivity contribution in [2.24, 2.45) is 0 Å². The number of hydrogen-bond acceptors (Lipinski definition) is 4. The Morgan fingerprint density at radius 2 is 1.86 bits per heavy atom. The number of para-hydroxylation sites is 1.